The molecule has 1 N–H and O–H groups in total. The summed E-state index contributed by atoms with van der Waals surface area (Å²) in [6.45, 7) is 3.79. The van der Waals surface area contributed by atoms with E-state index in [1.54, 1.807) is 16.8 Å². The minimum absolute atomic E-state index is 0.258. The smallest absolute Gasteiger partial charge is 0.231 e. The lowest BCUT2D eigenvalue weighted by molar-refractivity contribution is 0.385. The van der Waals surface area contributed by atoms with E-state index in [1.165, 1.54) is 0 Å². The van der Waals surface area contributed by atoms with Gasteiger partial charge in [0, 0.05) is 24.4 Å². The van der Waals surface area contributed by atoms with E-state index in [1.807, 2.05) is 33.2 Å². The van der Waals surface area contributed by atoms with Crippen LogP contribution in [0, 0.1) is 13.8 Å². The van der Waals surface area contributed by atoms with Crippen LogP contribution >= 0.6 is 0 Å². The van der Waals surface area contributed by atoms with E-state index in [9.17, 15) is 5.11 Å². The highest BCUT2D eigenvalue weighted by Crippen LogP contribution is 2.23. The molecular weight excluding hydrogens is 268 g/mol. The van der Waals surface area contributed by atoms with Gasteiger partial charge >= 0.3 is 0 Å². The topological polar surface area (TPSA) is 77.0 Å². The minimum atomic E-state index is 0.258. The molecular formula is C15H16N4O2. The van der Waals surface area contributed by atoms with E-state index in [2.05, 4.69) is 15.2 Å². The summed E-state index contributed by atoms with van der Waals surface area (Å²) in [7, 11) is 1.88. The molecule has 0 radical (unpaired) electrons. The van der Waals surface area contributed by atoms with Crippen LogP contribution < -0.4 is 0 Å². The Kier molecular flexibility index (Phi) is 3.21. The zero-order valence-corrected chi connectivity index (χ0v) is 12.2. The molecule has 0 saturated carbocycles. The Bertz CT molecular complexity index is 789. The van der Waals surface area contributed by atoms with E-state index >= 15 is 0 Å². The van der Waals surface area contributed by atoms with E-state index < -0.39 is 0 Å². The Labute approximate surface area is 122 Å². The van der Waals surface area contributed by atoms with Crippen LogP contribution in [0.4, 0.5) is 0 Å². The van der Waals surface area contributed by atoms with Crippen LogP contribution in [-0.4, -0.2) is 25.0 Å². The van der Waals surface area contributed by atoms with E-state index in [-0.39, 0.29) is 5.75 Å². The molecule has 108 valence electrons. The molecule has 0 unspecified atom stereocenters. The molecule has 0 aliphatic carbocycles. The van der Waals surface area contributed by atoms with Crippen LogP contribution in [0.15, 0.2) is 28.9 Å². The van der Waals surface area contributed by atoms with Crippen LogP contribution in [-0.2, 0) is 13.5 Å². The van der Waals surface area contributed by atoms with Gasteiger partial charge in [-0.15, -0.1) is 0 Å². The molecule has 0 spiro atoms. The predicted molar refractivity (Wildman–Crippen MR) is 76.9 cm³/mol. The quantitative estimate of drug-likeness (QED) is 0.799. The Hall–Kier alpha value is -2.63. The Morgan fingerprint density at radius 2 is 2.10 bits per heavy atom. The number of hydrogen-bond acceptors (Lipinski definition) is 5. The second kappa shape index (κ2) is 5.05. The molecule has 1 aromatic carbocycles. The van der Waals surface area contributed by atoms with Gasteiger partial charge in [-0.1, -0.05) is 5.16 Å². The van der Waals surface area contributed by atoms with Gasteiger partial charge in [-0.25, -0.2) is 0 Å². The number of rotatable bonds is 3. The Balaban J connectivity index is 1.86. The fourth-order valence-corrected chi connectivity index (χ4v) is 2.22. The third-order valence-electron chi connectivity index (χ3n) is 3.38. The average molecular weight is 284 g/mol. The number of phenolic OH excluding ortho intramolecular Hbond substituents is 1. The second-order valence-corrected chi connectivity index (χ2v) is 5.10. The van der Waals surface area contributed by atoms with Crippen molar-refractivity contribution in [2.75, 3.05) is 0 Å². The van der Waals surface area contributed by atoms with Gasteiger partial charge in [-0.05, 0) is 37.6 Å². The largest absolute Gasteiger partial charge is 0.508 e. The number of nitrogens with zero attached hydrogens (tertiary/aromatic N) is 4. The highest BCUT2D eigenvalue weighted by atomic mass is 16.5. The molecule has 2 heterocycles. The maximum absolute atomic E-state index is 9.55. The van der Waals surface area contributed by atoms with Crippen molar-refractivity contribution in [3.63, 3.8) is 0 Å². The molecule has 0 aliphatic heterocycles. The van der Waals surface area contributed by atoms with Gasteiger partial charge < -0.3 is 9.63 Å². The first-order chi connectivity index (χ1) is 10.0. The van der Waals surface area contributed by atoms with Gasteiger partial charge in [-0.2, -0.15) is 10.1 Å². The van der Waals surface area contributed by atoms with Gasteiger partial charge in [0.15, 0.2) is 0 Å². The van der Waals surface area contributed by atoms with Crippen molar-refractivity contribution in [2.24, 2.45) is 7.05 Å². The van der Waals surface area contributed by atoms with E-state index in [4.69, 9.17) is 4.52 Å². The third kappa shape index (κ3) is 2.65. The van der Waals surface area contributed by atoms with Gasteiger partial charge in [0.05, 0.1) is 12.1 Å². The molecule has 21 heavy (non-hydrogen) atoms. The Morgan fingerprint density at radius 3 is 2.76 bits per heavy atom. The lowest BCUT2D eigenvalue weighted by Crippen LogP contribution is -1.89. The molecule has 6 heteroatoms. The number of hydrogen-bond donors (Lipinski definition) is 1. The second-order valence-electron chi connectivity index (χ2n) is 5.10. The number of phenols is 1. The minimum Gasteiger partial charge on any atom is -0.508 e. The molecule has 2 aromatic heterocycles. The van der Waals surface area contributed by atoms with Crippen LogP contribution in [0.1, 0.15) is 22.7 Å². The molecule has 6 nitrogen and oxygen atoms in total. The number of aromatic nitrogens is 4. The summed E-state index contributed by atoms with van der Waals surface area (Å²) in [6, 6.07) is 5.23. The number of aromatic hydroxyl groups is 1. The molecule has 0 atom stereocenters. The standard InChI is InChI=1S/C15H16N4O2/c1-9-6-11(4-5-13(9)20)15-16-14(21-18-15)7-12-8-19(3)17-10(12)2/h4-6,8,20H,7H2,1-3H3. The van der Waals surface area contributed by atoms with Gasteiger partial charge in [0.2, 0.25) is 11.7 Å². The van der Waals surface area contributed by atoms with Crippen molar-refractivity contribution in [1.82, 2.24) is 19.9 Å². The summed E-state index contributed by atoms with van der Waals surface area (Å²) in [5, 5.41) is 17.8. The van der Waals surface area contributed by atoms with Crippen molar-refractivity contribution in [1.29, 1.82) is 0 Å². The average Bonchev–Trinajstić information content (AvgIpc) is 3.01. The molecule has 0 amide bonds. The van der Waals surface area contributed by atoms with Crippen molar-refractivity contribution in [3.05, 3.63) is 47.1 Å². The molecule has 3 aromatic rings. The lowest BCUT2D eigenvalue weighted by Gasteiger charge is -1.99. The predicted octanol–water partition coefficient (Wildman–Crippen LogP) is 2.38. The van der Waals surface area contributed by atoms with Crippen molar-refractivity contribution >= 4 is 0 Å². The highest BCUT2D eigenvalue weighted by molar-refractivity contribution is 5.57. The van der Waals surface area contributed by atoms with E-state index in [0.29, 0.717) is 18.1 Å². The SMILES string of the molecule is Cc1cc(-c2noc(Cc3cn(C)nc3C)n2)ccc1O. The van der Waals surface area contributed by atoms with Crippen LogP contribution in [0.5, 0.6) is 5.75 Å². The number of aryl methyl sites for hydroxylation is 3. The van der Waals surface area contributed by atoms with Gasteiger partial charge in [-0.3, -0.25) is 4.68 Å². The zero-order chi connectivity index (χ0) is 15.0. The van der Waals surface area contributed by atoms with Gasteiger partial charge in [0.25, 0.3) is 0 Å². The van der Waals surface area contributed by atoms with Crippen LogP contribution in [0.2, 0.25) is 0 Å². The normalized spacial score (nSPS) is 11.0. The molecule has 3 rings (SSSR count). The summed E-state index contributed by atoms with van der Waals surface area (Å²) in [6.07, 6.45) is 2.51. The van der Waals surface area contributed by atoms with Crippen molar-refractivity contribution in [3.8, 4) is 17.1 Å². The highest BCUT2D eigenvalue weighted by Gasteiger charge is 2.12. The summed E-state index contributed by atoms with van der Waals surface area (Å²) < 4.78 is 7.07. The monoisotopic (exact) mass is 284 g/mol. The molecule has 0 saturated heterocycles. The first kappa shape index (κ1) is 13.4. The zero-order valence-electron chi connectivity index (χ0n) is 12.2. The molecule has 0 fully saturated rings. The maximum Gasteiger partial charge on any atom is 0.231 e. The Morgan fingerprint density at radius 1 is 1.29 bits per heavy atom. The first-order valence-electron chi connectivity index (χ1n) is 6.64. The summed E-state index contributed by atoms with van der Waals surface area (Å²) in [4.78, 5) is 4.40. The fraction of sp³-hybridized carbons (Fsp3) is 0.267. The maximum atomic E-state index is 9.55. The molecule has 0 aliphatic rings. The first-order valence-corrected chi connectivity index (χ1v) is 6.64. The van der Waals surface area contributed by atoms with E-state index in [0.717, 1.165) is 22.4 Å². The van der Waals surface area contributed by atoms with Crippen LogP contribution in [0.25, 0.3) is 11.4 Å². The molecule has 0 bridgehead atoms. The lowest BCUT2D eigenvalue weighted by atomic mass is 10.1. The third-order valence-corrected chi connectivity index (χ3v) is 3.38. The number of benzene rings is 1. The van der Waals surface area contributed by atoms with Crippen molar-refractivity contribution < 1.29 is 9.63 Å². The van der Waals surface area contributed by atoms with Crippen LogP contribution in [0.3, 0.4) is 0 Å². The van der Waals surface area contributed by atoms with Gasteiger partial charge in [0.1, 0.15) is 5.75 Å². The summed E-state index contributed by atoms with van der Waals surface area (Å²) in [5.74, 6) is 1.33. The fourth-order valence-electron chi connectivity index (χ4n) is 2.22. The van der Waals surface area contributed by atoms with Crippen molar-refractivity contribution in [2.45, 2.75) is 20.3 Å². The summed E-state index contributed by atoms with van der Waals surface area (Å²) in [5.41, 5.74) is 3.62. The summed E-state index contributed by atoms with van der Waals surface area (Å²) >= 11 is 0.